The summed E-state index contributed by atoms with van der Waals surface area (Å²) in [6.07, 6.45) is 0.259. The Labute approximate surface area is 226 Å². The maximum atomic E-state index is 12.9. The Bertz CT molecular complexity index is 1630. The van der Waals surface area contributed by atoms with E-state index < -0.39 is 12.3 Å². The molecule has 0 aliphatic heterocycles. The summed E-state index contributed by atoms with van der Waals surface area (Å²) in [4.78, 5) is 25.9. The minimum Gasteiger partial charge on any atom is -0.406 e. The molecule has 0 saturated carbocycles. The maximum Gasteiger partial charge on any atom is 0.573 e. The number of nitrogens with one attached hydrogen (secondary N) is 2. The predicted octanol–water partition coefficient (Wildman–Crippen LogP) is 6.20. The van der Waals surface area contributed by atoms with Crippen LogP contribution < -0.4 is 15.4 Å². The van der Waals surface area contributed by atoms with Gasteiger partial charge in [0.2, 0.25) is 5.95 Å². The Hall–Kier alpha value is -5.39. The van der Waals surface area contributed by atoms with Crippen LogP contribution in [0.2, 0.25) is 0 Å². The van der Waals surface area contributed by atoms with Gasteiger partial charge in [0.25, 0.3) is 5.91 Å². The molecule has 1 amide bonds. The van der Waals surface area contributed by atoms with Crippen molar-refractivity contribution < 1.29 is 22.7 Å². The fourth-order valence-electron chi connectivity index (χ4n) is 3.68. The zero-order valence-electron chi connectivity index (χ0n) is 20.8. The normalized spacial score (nSPS) is 11.1. The molecule has 12 heteroatoms. The summed E-state index contributed by atoms with van der Waals surface area (Å²) < 4.78 is 41.0. The van der Waals surface area contributed by atoms with Gasteiger partial charge >= 0.3 is 6.36 Å². The number of amides is 1. The highest BCUT2D eigenvalue weighted by Crippen LogP contribution is 2.26. The molecule has 9 nitrogen and oxygen atoms in total. The number of alkyl halides is 3. The first kappa shape index (κ1) is 26.2. The molecule has 200 valence electrons. The number of aryl methyl sites for hydroxylation is 1. The second-order valence-corrected chi connectivity index (χ2v) is 8.49. The first-order valence-corrected chi connectivity index (χ1v) is 11.9. The molecule has 0 fully saturated rings. The monoisotopic (exact) mass is 543 g/mol. The van der Waals surface area contributed by atoms with Gasteiger partial charge in [0.1, 0.15) is 5.75 Å². The quantitative estimate of drug-likeness (QED) is 0.249. The Kier molecular flexibility index (Phi) is 7.31. The van der Waals surface area contributed by atoms with Crippen molar-refractivity contribution in [2.45, 2.75) is 13.3 Å². The van der Waals surface area contributed by atoms with Crippen molar-refractivity contribution in [3.63, 3.8) is 0 Å². The van der Waals surface area contributed by atoms with Gasteiger partial charge in [-0.3, -0.25) is 9.78 Å². The van der Waals surface area contributed by atoms with E-state index in [1.54, 1.807) is 55.0 Å². The fourth-order valence-corrected chi connectivity index (χ4v) is 3.68. The molecule has 0 aliphatic carbocycles. The number of ether oxygens (including phenoxy) is 1. The summed E-state index contributed by atoms with van der Waals surface area (Å²) in [5.74, 6) is -0.188. The van der Waals surface area contributed by atoms with Crippen molar-refractivity contribution in [2.75, 3.05) is 10.6 Å². The van der Waals surface area contributed by atoms with E-state index >= 15 is 0 Å². The summed E-state index contributed by atoms with van der Waals surface area (Å²) in [7, 11) is 0. The van der Waals surface area contributed by atoms with Crippen LogP contribution in [-0.2, 0) is 0 Å². The summed E-state index contributed by atoms with van der Waals surface area (Å²) in [6, 6.07) is 19.0. The molecule has 40 heavy (non-hydrogen) atoms. The topological polar surface area (TPSA) is 115 Å². The average Bonchev–Trinajstić information content (AvgIpc) is 2.95. The number of hydrogen-bond donors (Lipinski definition) is 2. The Balaban J connectivity index is 1.26. The lowest BCUT2D eigenvalue weighted by atomic mass is 10.1. The van der Waals surface area contributed by atoms with Crippen molar-refractivity contribution in [1.29, 1.82) is 0 Å². The second-order valence-electron chi connectivity index (χ2n) is 8.49. The fraction of sp³-hybridized carbons (Fsp3) is 0.0714. The minimum atomic E-state index is -4.77. The molecule has 0 bridgehead atoms. The molecule has 0 spiro atoms. The Morgan fingerprint density at radius 2 is 1.70 bits per heavy atom. The van der Waals surface area contributed by atoms with E-state index in [2.05, 4.69) is 40.5 Å². The number of pyridine rings is 1. The smallest absolute Gasteiger partial charge is 0.406 e. The Morgan fingerprint density at radius 1 is 0.875 bits per heavy atom. The van der Waals surface area contributed by atoms with Gasteiger partial charge in [0, 0.05) is 41.0 Å². The third kappa shape index (κ3) is 6.54. The maximum absolute atomic E-state index is 12.9. The number of nitrogens with zero attached hydrogens (tertiary/aromatic N) is 5. The summed E-state index contributed by atoms with van der Waals surface area (Å²) in [6.45, 7) is 1.89. The van der Waals surface area contributed by atoms with Gasteiger partial charge in [-0.05, 0) is 79.2 Å². The van der Waals surface area contributed by atoms with Crippen LogP contribution in [0.4, 0.5) is 30.6 Å². The van der Waals surface area contributed by atoms with E-state index in [4.69, 9.17) is 0 Å². The van der Waals surface area contributed by atoms with E-state index in [0.29, 0.717) is 34.2 Å². The number of hydrogen-bond acceptors (Lipinski definition) is 8. The van der Waals surface area contributed by atoms with Crippen LogP contribution in [0.25, 0.3) is 22.5 Å². The second kappa shape index (κ2) is 11.2. The van der Waals surface area contributed by atoms with Crippen LogP contribution in [0.5, 0.6) is 5.75 Å². The third-order valence-electron chi connectivity index (χ3n) is 5.65. The average molecular weight is 544 g/mol. The van der Waals surface area contributed by atoms with Gasteiger partial charge in [0.05, 0.1) is 11.4 Å². The molecule has 0 saturated heterocycles. The Morgan fingerprint density at radius 3 is 2.40 bits per heavy atom. The van der Waals surface area contributed by atoms with Crippen LogP contribution in [0.15, 0.2) is 91.4 Å². The molecular weight excluding hydrogens is 523 g/mol. The molecule has 0 atom stereocenters. The first-order chi connectivity index (χ1) is 19.2. The van der Waals surface area contributed by atoms with E-state index in [1.165, 1.54) is 24.3 Å². The number of carbonyl (C=O) groups is 1. The molecule has 5 aromatic rings. The van der Waals surface area contributed by atoms with Crippen LogP contribution in [-0.4, -0.2) is 37.4 Å². The predicted molar refractivity (Wildman–Crippen MR) is 142 cm³/mol. The summed E-state index contributed by atoms with van der Waals surface area (Å²) in [5.41, 5.74) is 4.37. The molecule has 3 heterocycles. The number of benzene rings is 2. The van der Waals surface area contributed by atoms with Gasteiger partial charge < -0.3 is 15.4 Å². The highest BCUT2D eigenvalue weighted by Gasteiger charge is 2.31. The lowest BCUT2D eigenvalue weighted by molar-refractivity contribution is -0.274. The minimum absolute atomic E-state index is 0.202. The van der Waals surface area contributed by atoms with Crippen LogP contribution in [0.1, 0.15) is 15.9 Å². The SMILES string of the molecule is Cc1ccc(C(=O)Nc2ccc(-c3ccc(OC(F)(F)F)cc3)nn2)cc1Nc1nccc(-c2cccnc2)n1. The number of aromatic nitrogens is 5. The van der Waals surface area contributed by atoms with Crippen molar-refractivity contribution in [3.05, 3.63) is 103 Å². The van der Waals surface area contributed by atoms with Crippen molar-refractivity contribution in [1.82, 2.24) is 25.1 Å². The van der Waals surface area contributed by atoms with Crippen molar-refractivity contribution in [3.8, 4) is 28.3 Å². The van der Waals surface area contributed by atoms with E-state index in [-0.39, 0.29) is 11.6 Å². The zero-order valence-corrected chi connectivity index (χ0v) is 20.8. The van der Waals surface area contributed by atoms with Crippen LogP contribution in [0.3, 0.4) is 0 Å². The highest BCUT2D eigenvalue weighted by atomic mass is 19.4. The molecule has 2 N–H and O–H groups in total. The summed E-state index contributed by atoms with van der Waals surface area (Å²) >= 11 is 0. The van der Waals surface area contributed by atoms with Gasteiger partial charge in [0.15, 0.2) is 5.82 Å². The largest absolute Gasteiger partial charge is 0.573 e. The van der Waals surface area contributed by atoms with E-state index in [9.17, 15) is 18.0 Å². The number of anilines is 3. The molecule has 0 aliphatic rings. The van der Waals surface area contributed by atoms with Crippen molar-refractivity contribution in [2.24, 2.45) is 0 Å². The number of halogens is 3. The van der Waals surface area contributed by atoms with Gasteiger partial charge in [-0.1, -0.05) is 6.07 Å². The lowest BCUT2D eigenvalue weighted by Gasteiger charge is -2.11. The number of rotatable bonds is 7. The third-order valence-corrected chi connectivity index (χ3v) is 5.65. The molecule has 5 rings (SSSR count). The molecule has 3 aromatic heterocycles. The van der Waals surface area contributed by atoms with Crippen LogP contribution in [0, 0.1) is 6.92 Å². The molecule has 0 unspecified atom stereocenters. The standard InChI is InChI=1S/C28H20F3N7O2/c1-17-4-5-19(15-24(17)35-27-33-14-12-22(34-27)20-3-2-13-32-16-20)26(39)36-25-11-10-23(37-38-25)18-6-8-21(9-7-18)40-28(29,30)31/h2-16H,1H3,(H,33,34,35)(H,36,38,39). The van der Waals surface area contributed by atoms with Gasteiger partial charge in [-0.25, -0.2) is 9.97 Å². The zero-order chi connectivity index (χ0) is 28.1. The highest BCUT2D eigenvalue weighted by molar-refractivity contribution is 6.04. The molecule has 2 aromatic carbocycles. The summed E-state index contributed by atoms with van der Waals surface area (Å²) in [5, 5.41) is 13.9. The van der Waals surface area contributed by atoms with E-state index in [0.717, 1.165) is 11.1 Å². The van der Waals surface area contributed by atoms with Crippen LogP contribution >= 0.6 is 0 Å². The molecular formula is C28H20F3N7O2. The lowest BCUT2D eigenvalue weighted by Crippen LogP contribution is -2.16. The first-order valence-electron chi connectivity index (χ1n) is 11.9. The van der Waals surface area contributed by atoms with E-state index in [1.807, 2.05) is 19.1 Å². The molecule has 0 radical (unpaired) electrons. The van der Waals surface area contributed by atoms with Crippen molar-refractivity contribution >= 4 is 23.4 Å². The van der Waals surface area contributed by atoms with Gasteiger partial charge in [-0.2, -0.15) is 0 Å². The van der Waals surface area contributed by atoms with Gasteiger partial charge in [-0.15, -0.1) is 23.4 Å². The number of carbonyl (C=O) groups excluding carboxylic acids is 1.